The molecule has 0 aromatic heterocycles. The van der Waals surface area contributed by atoms with Crippen molar-refractivity contribution in [3.05, 3.63) is 72.8 Å². The summed E-state index contributed by atoms with van der Waals surface area (Å²) < 4.78 is 24.3. The predicted molar refractivity (Wildman–Crippen MR) is 114 cm³/mol. The molecule has 4 heteroatoms. The van der Waals surface area contributed by atoms with Gasteiger partial charge in [0.15, 0.2) is 0 Å². The summed E-state index contributed by atoms with van der Waals surface area (Å²) >= 11 is 0. The lowest BCUT2D eigenvalue weighted by molar-refractivity contribution is 0.415. The number of benzene rings is 4. The molecule has 27 heavy (non-hydrogen) atoms. The average molecular weight is 376 g/mol. The van der Waals surface area contributed by atoms with Crippen LogP contribution in [-0.4, -0.2) is 20.9 Å². The molecule has 0 bridgehead atoms. The van der Waals surface area contributed by atoms with Crippen molar-refractivity contribution in [3.8, 4) is 11.5 Å². The molecule has 0 aliphatic rings. The second kappa shape index (κ2) is 6.75. The fourth-order valence-electron chi connectivity index (χ4n) is 3.36. The zero-order valence-electron chi connectivity index (χ0n) is 15.6. The lowest BCUT2D eigenvalue weighted by Crippen LogP contribution is -2.15. The van der Waals surface area contributed by atoms with Gasteiger partial charge < -0.3 is 14.0 Å². The highest BCUT2D eigenvalue weighted by atomic mass is 31.2. The molecule has 4 aromatic rings. The third-order valence-electron chi connectivity index (χ3n) is 5.05. The van der Waals surface area contributed by atoms with Crippen LogP contribution in [-0.2, 0) is 4.57 Å². The van der Waals surface area contributed by atoms with Crippen molar-refractivity contribution < 1.29 is 14.0 Å². The molecule has 4 rings (SSSR count). The van der Waals surface area contributed by atoms with Crippen molar-refractivity contribution in [1.29, 1.82) is 0 Å². The van der Waals surface area contributed by atoms with Gasteiger partial charge in [-0.3, -0.25) is 0 Å². The highest BCUT2D eigenvalue weighted by molar-refractivity contribution is 7.78. The Morgan fingerprint density at radius 1 is 0.593 bits per heavy atom. The van der Waals surface area contributed by atoms with Crippen molar-refractivity contribution in [1.82, 2.24) is 0 Å². The summed E-state index contributed by atoms with van der Waals surface area (Å²) in [4.78, 5) is 0. The van der Waals surface area contributed by atoms with E-state index >= 15 is 0 Å². The summed E-state index contributed by atoms with van der Waals surface area (Å²) in [5.41, 5.74) is 0. The molecule has 0 saturated carbocycles. The highest BCUT2D eigenvalue weighted by Crippen LogP contribution is 2.40. The van der Waals surface area contributed by atoms with Gasteiger partial charge in [0.25, 0.3) is 0 Å². The maximum absolute atomic E-state index is 13.7. The lowest BCUT2D eigenvalue weighted by Gasteiger charge is -2.16. The van der Waals surface area contributed by atoms with Crippen molar-refractivity contribution in [3.63, 3.8) is 0 Å². The number of hydrogen-bond donors (Lipinski definition) is 0. The van der Waals surface area contributed by atoms with Crippen LogP contribution in [0.3, 0.4) is 0 Å². The molecule has 0 aliphatic heterocycles. The van der Waals surface area contributed by atoms with Gasteiger partial charge >= 0.3 is 0 Å². The Morgan fingerprint density at radius 3 is 1.37 bits per heavy atom. The summed E-state index contributed by atoms with van der Waals surface area (Å²) in [6.45, 7) is 1.84. The van der Waals surface area contributed by atoms with Gasteiger partial charge in [0.1, 0.15) is 18.6 Å². The fourth-order valence-corrected chi connectivity index (χ4v) is 5.14. The van der Waals surface area contributed by atoms with Crippen LogP contribution in [0.15, 0.2) is 72.8 Å². The first-order valence-electron chi connectivity index (χ1n) is 8.75. The number of hydrogen-bond acceptors (Lipinski definition) is 3. The van der Waals surface area contributed by atoms with Gasteiger partial charge in [-0.15, -0.1) is 0 Å². The average Bonchev–Trinajstić information content (AvgIpc) is 2.72. The molecule has 0 radical (unpaired) electrons. The van der Waals surface area contributed by atoms with E-state index in [0.29, 0.717) is 0 Å². The standard InChI is InChI=1S/C23H21O3P/c1-25-20-8-4-18-14-22(10-6-16(18)12-20)27(3,24)23-11-7-17-13-21(26-2)9-5-19(17)15-23/h4-15H,1-3H3. The maximum Gasteiger partial charge on any atom is 0.140 e. The number of ether oxygens (including phenoxy) is 2. The maximum atomic E-state index is 13.7. The van der Waals surface area contributed by atoms with E-state index < -0.39 is 7.14 Å². The van der Waals surface area contributed by atoms with Gasteiger partial charge in [0.05, 0.1) is 14.2 Å². The summed E-state index contributed by atoms with van der Waals surface area (Å²) in [5.74, 6) is 1.64. The minimum atomic E-state index is -2.71. The smallest absolute Gasteiger partial charge is 0.140 e. The summed E-state index contributed by atoms with van der Waals surface area (Å²) in [6.07, 6.45) is 0. The fraction of sp³-hybridized carbons (Fsp3) is 0.130. The molecule has 4 aromatic carbocycles. The van der Waals surface area contributed by atoms with E-state index in [1.165, 1.54) is 0 Å². The monoisotopic (exact) mass is 376 g/mol. The SMILES string of the molecule is COc1ccc2cc(P(C)(=O)c3ccc4cc(OC)ccc4c3)ccc2c1. The first kappa shape index (κ1) is 17.6. The number of fused-ring (bicyclic) bond motifs is 2. The minimum Gasteiger partial charge on any atom is -0.497 e. The Morgan fingerprint density at radius 2 is 0.963 bits per heavy atom. The van der Waals surface area contributed by atoms with Gasteiger partial charge in [-0.05, 0) is 64.6 Å². The molecule has 0 aliphatic carbocycles. The molecule has 0 amide bonds. The first-order valence-corrected chi connectivity index (χ1v) is 10.9. The van der Waals surface area contributed by atoms with Crippen LogP contribution in [0.1, 0.15) is 0 Å². The summed E-state index contributed by atoms with van der Waals surface area (Å²) in [7, 11) is 0.610. The van der Waals surface area contributed by atoms with Crippen molar-refractivity contribution >= 4 is 39.3 Å². The van der Waals surface area contributed by atoms with Crippen molar-refractivity contribution in [2.75, 3.05) is 20.9 Å². The van der Waals surface area contributed by atoms with Gasteiger partial charge in [0.2, 0.25) is 0 Å². The zero-order chi connectivity index (χ0) is 19.0. The molecule has 0 saturated heterocycles. The van der Waals surface area contributed by atoms with Crippen LogP contribution < -0.4 is 20.1 Å². The second-order valence-corrected chi connectivity index (χ2v) is 9.60. The minimum absolute atomic E-state index is 0.819. The lowest BCUT2D eigenvalue weighted by atomic mass is 10.1. The zero-order valence-corrected chi connectivity index (χ0v) is 16.5. The van der Waals surface area contributed by atoms with Crippen molar-refractivity contribution in [2.45, 2.75) is 0 Å². The van der Waals surface area contributed by atoms with Crippen LogP contribution in [0, 0.1) is 0 Å². The molecule has 3 nitrogen and oxygen atoms in total. The molecule has 0 N–H and O–H groups in total. The van der Waals surface area contributed by atoms with E-state index in [-0.39, 0.29) is 0 Å². The van der Waals surface area contributed by atoms with E-state index in [4.69, 9.17) is 9.47 Å². The van der Waals surface area contributed by atoms with Gasteiger partial charge in [0, 0.05) is 10.6 Å². The quantitative estimate of drug-likeness (QED) is 0.473. The van der Waals surface area contributed by atoms with Crippen LogP contribution in [0.25, 0.3) is 21.5 Å². The van der Waals surface area contributed by atoms with Gasteiger partial charge in [-0.2, -0.15) is 0 Å². The molecular formula is C23H21O3P. The van der Waals surface area contributed by atoms with E-state index in [2.05, 4.69) is 0 Å². The molecule has 136 valence electrons. The summed E-state index contributed by atoms with van der Waals surface area (Å²) in [6, 6.07) is 23.8. The third kappa shape index (κ3) is 3.20. The van der Waals surface area contributed by atoms with E-state index in [9.17, 15) is 4.57 Å². The van der Waals surface area contributed by atoms with E-state index in [1.54, 1.807) is 14.2 Å². The molecule has 0 fully saturated rings. The Kier molecular flexibility index (Phi) is 4.41. The van der Waals surface area contributed by atoms with Crippen LogP contribution in [0.4, 0.5) is 0 Å². The van der Waals surface area contributed by atoms with Gasteiger partial charge in [-0.25, -0.2) is 0 Å². The second-order valence-electron chi connectivity index (χ2n) is 6.72. The van der Waals surface area contributed by atoms with Crippen LogP contribution in [0.5, 0.6) is 11.5 Å². The Labute approximate surface area is 158 Å². The highest BCUT2D eigenvalue weighted by Gasteiger charge is 2.22. The molecular weight excluding hydrogens is 355 g/mol. The largest absolute Gasteiger partial charge is 0.497 e. The molecule has 0 atom stereocenters. The van der Waals surface area contributed by atoms with Crippen molar-refractivity contribution in [2.24, 2.45) is 0 Å². The van der Waals surface area contributed by atoms with E-state index in [0.717, 1.165) is 43.7 Å². The normalized spacial score (nSPS) is 11.7. The Bertz CT molecular complexity index is 1110. The molecule has 0 unspecified atom stereocenters. The first-order chi connectivity index (χ1) is 13.0. The topological polar surface area (TPSA) is 35.5 Å². The van der Waals surface area contributed by atoms with Gasteiger partial charge in [-0.1, -0.05) is 36.4 Å². The predicted octanol–water partition coefficient (Wildman–Crippen LogP) is 4.95. The van der Waals surface area contributed by atoms with Crippen LogP contribution in [0.2, 0.25) is 0 Å². The van der Waals surface area contributed by atoms with E-state index in [1.807, 2.05) is 79.5 Å². The van der Waals surface area contributed by atoms with Crippen LogP contribution >= 0.6 is 7.14 Å². The third-order valence-corrected chi connectivity index (χ3v) is 7.57. The number of rotatable bonds is 4. The number of methoxy groups -OCH3 is 2. The Balaban J connectivity index is 1.79. The molecule has 0 heterocycles. The Hall–Kier alpha value is -2.77. The molecule has 0 spiro atoms. The summed E-state index contributed by atoms with van der Waals surface area (Å²) in [5, 5.41) is 5.97.